The monoisotopic (exact) mass is 276 g/mol. The molecule has 1 aliphatic rings. The van der Waals surface area contributed by atoms with Crippen molar-refractivity contribution in [2.75, 3.05) is 6.61 Å². The first-order valence-corrected chi connectivity index (χ1v) is 6.71. The fourth-order valence-corrected chi connectivity index (χ4v) is 2.71. The molecular formula is C14H9ClO2S. The molecule has 2 aromatic rings. The van der Waals surface area contributed by atoms with Gasteiger partial charge in [-0.25, -0.2) is 0 Å². The Hall–Kier alpha value is -1.58. The summed E-state index contributed by atoms with van der Waals surface area (Å²) in [7, 11) is 0. The number of hydrogen-bond acceptors (Lipinski definition) is 3. The molecule has 0 unspecified atom stereocenters. The molecule has 0 saturated carbocycles. The first-order chi connectivity index (χ1) is 8.74. The molecule has 1 aromatic carbocycles. The zero-order valence-electron chi connectivity index (χ0n) is 9.35. The van der Waals surface area contributed by atoms with Gasteiger partial charge in [0.05, 0.1) is 5.56 Å². The van der Waals surface area contributed by atoms with E-state index in [2.05, 4.69) is 0 Å². The van der Waals surface area contributed by atoms with Crippen LogP contribution in [0, 0.1) is 0 Å². The number of thiophene rings is 1. The number of rotatable bonds is 1. The fourth-order valence-electron chi connectivity index (χ4n) is 1.85. The predicted molar refractivity (Wildman–Crippen MR) is 73.6 cm³/mol. The van der Waals surface area contributed by atoms with Crippen molar-refractivity contribution in [3.63, 3.8) is 0 Å². The van der Waals surface area contributed by atoms with Gasteiger partial charge in [-0.2, -0.15) is 0 Å². The van der Waals surface area contributed by atoms with Gasteiger partial charge < -0.3 is 4.74 Å². The summed E-state index contributed by atoms with van der Waals surface area (Å²) in [6, 6.07) is 9.04. The molecule has 1 aliphatic heterocycles. The highest BCUT2D eigenvalue weighted by atomic mass is 35.5. The second kappa shape index (κ2) is 4.59. The summed E-state index contributed by atoms with van der Waals surface area (Å²) in [5.74, 6) is 0.597. The van der Waals surface area contributed by atoms with E-state index in [1.807, 2.05) is 23.6 Å². The summed E-state index contributed by atoms with van der Waals surface area (Å²) in [4.78, 5) is 13.3. The SMILES string of the molecule is O=C1C(=Cc2cccs2)COc2ccc(Cl)cc21. The number of ketones is 1. The van der Waals surface area contributed by atoms with Gasteiger partial charge in [-0.3, -0.25) is 4.79 Å². The molecule has 90 valence electrons. The highest BCUT2D eigenvalue weighted by molar-refractivity contribution is 7.10. The summed E-state index contributed by atoms with van der Waals surface area (Å²) in [6.45, 7) is 0.311. The van der Waals surface area contributed by atoms with Crippen LogP contribution in [-0.4, -0.2) is 12.4 Å². The number of fused-ring (bicyclic) bond motifs is 1. The van der Waals surface area contributed by atoms with E-state index in [9.17, 15) is 4.79 Å². The Kier molecular flexibility index (Phi) is 2.94. The van der Waals surface area contributed by atoms with E-state index in [1.165, 1.54) is 0 Å². The maximum atomic E-state index is 12.3. The Bertz CT molecular complexity index is 629. The zero-order valence-corrected chi connectivity index (χ0v) is 10.9. The lowest BCUT2D eigenvalue weighted by Gasteiger charge is -2.18. The maximum Gasteiger partial charge on any atom is 0.196 e. The summed E-state index contributed by atoms with van der Waals surface area (Å²) in [6.07, 6.45) is 1.87. The molecule has 0 amide bonds. The van der Waals surface area contributed by atoms with Crippen LogP contribution >= 0.6 is 22.9 Å². The van der Waals surface area contributed by atoms with E-state index < -0.39 is 0 Å². The Morgan fingerprint density at radius 3 is 3.00 bits per heavy atom. The van der Waals surface area contributed by atoms with Gasteiger partial charge in [0.2, 0.25) is 0 Å². The standard InChI is InChI=1S/C14H9ClO2S/c15-10-3-4-13-12(7-10)14(16)9(8-17-13)6-11-2-1-5-18-11/h1-7H,8H2. The molecule has 0 saturated heterocycles. The normalized spacial score (nSPS) is 16.5. The van der Waals surface area contributed by atoms with E-state index in [0.29, 0.717) is 28.5 Å². The van der Waals surface area contributed by atoms with E-state index in [4.69, 9.17) is 16.3 Å². The Morgan fingerprint density at radius 1 is 1.33 bits per heavy atom. The van der Waals surface area contributed by atoms with Gasteiger partial charge in [-0.1, -0.05) is 17.7 Å². The van der Waals surface area contributed by atoms with Crippen LogP contribution in [0.15, 0.2) is 41.3 Å². The Labute approximate surface area is 113 Å². The number of benzene rings is 1. The van der Waals surface area contributed by atoms with E-state index >= 15 is 0 Å². The van der Waals surface area contributed by atoms with Crippen LogP contribution in [0.1, 0.15) is 15.2 Å². The molecular weight excluding hydrogens is 268 g/mol. The molecule has 0 atom stereocenters. The lowest BCUT2D eigenvalue weighted by atomic mass is 10.00. The van der Waals surface area contributed by atoms with Gasteiger partial charge in [-0.15, -0.1) is 11.3 Å². The minimum Gasteiger partial charge on any atom is -0.488 e. The lowest BCUT2D eigenvalue weighted by Crippen LogP contribution is -2.18. The van der Waals surface area contributed by atoms with Crippen LogP contribution in [0.2, 0.25) is 5.02 Å². The molecule has 0 N–H and O–H groups in total. The average Bonchev–Trinajstić information content (AvgIpc) is 2.86. The largest absolute Gasteiger partial charge is 0.488 e. The molecule has 2 nitrogen and oxygen atoms in total. The molecule has 4 heteroatoms. The smallest absolute Gasteiger partial charge is 0.196 e. The second-order valence-electron chi connectivity index (χ2n) is 3.94. The van der Waals surface area contributed by atoms with Gasteiger partial charge in [-0.05, 0) is 35.7 Å². The second-order valence-corrected chi connectivity index (χ2v) is 5.36. The van der Waals surface area contributed by atoms with E-state index in [1.54, 1.807) is 29.5 Å². The number of carbonyl (C=O) groups excluding carboxylic acids is 1. The van der Waals surface area contributed by atoms with Crippen molar-refractivity contribution in [2.24, 2.45) is 0 Å². The molecule has 0 radical (unpaired) electrons. The van der Waals surface area contributed by atoms with Crippen molar-refractivity contribution in [3.8, 4) is 5.75 Å². The highest BCUT2D eigenvalue weighted by Gasteiger charge is 2.23. The van der Waals surface area contributed by atoms with Gasteiger partial charge in [0.25, 0.3) is 0 Å². The molecule has 0 spiro atoms. The van der Waals surface area contributed by atoms with Crippen LogP contribution in [0.25, 0.3) is 6.08 Å². The number of ether oxygens (including phenoxy) is 1. The van der Waals surface area contributed by atoms with Crippen molar-refractivity contribution < 1.29 is 9.53 Å². The number of Topliss-reactive ketones (excluding diaryl/α,β-unsaturated/α-hetero) is 1. The third kappa shape index (κ3) is 2.07. The van der Waals surface area contributed by atoms with Gasteiger partial charge >= 0.3 is 0 Å². The van der Waals surface area contributed by atoms with Crippen LogP contribution in [0.4, 0.5) is 0 Å². The molecule has 0 aliphatic carbocycles. The summed E-state index contributed by atoms with van der Waals surface area (Å²) >= 11 is 7.50. The molecule has 2 heterocycles. The van der Waals surface area contributed by atoms with E-state index in [-0.39, 0.29) is 5.78 Å². The van der Waals surface area contributed by atoms with Crippen molar-refractivity contribution in [1.29, 1.82) is 0 Å². The summed E-state index contributed by atoms with van der Waals surface area (Å²) in [5.41, 5.74) is 1.20. The average molecular weight is 277 g/mol. The number of halogens is 1. The highest BCUT2D eigenvalue weighted by Crippen LogP contribution is 2.30. The minimum absolute atomic E-state index is 0.00727. The minimum atomic E-state index is -0.00727. The zero-order chi connectivity index (χ0) is 12.5. The first-order valence-electron chi connectivity index (χ1n) is 5.45. The molecule has 0 fully saturated rings. The topological polar surface area (TPSA) is 26.3 Å². The van der Waals surface area contributed by atoms with Crippen molar-refractivity contribution in [1.82, 2.24) is 0 Å². The molecule has 3 rings (SSSR count). The maximum absolute atomic E-state index is 12.3. The van der Waals surface area contributed by atoms with Crippen molar-refractivity contribution >= 4 is 34.8 Å². The van der Waals surface area contributed by atoms with Crippen LogP contribution < -0.4 is 4.74 Å². The summed E-state index contributed by atoms with van der Waals surface area (Å²) < 4.78 is 5.57. The number of hydrogen-bond donors (Lipinski definition) is 0. The molecule has 18 heavy (non-hydrogen) atoms. The van der Waals surface area contributed by atoms with Gasteiger partial charge in [0.15, 0.2) is 5.78 Å². The third-order valence-corrected chi connectivity index (χ3v) is 3.78. The lowest BCUT2D eigenvalue weighted by molar-refractivity contribution is 0.100. The molecule has 1 aromatic heterocycles. The molecule has 0 bridgehead atoms. The first kappa shape index (κ1) is 11.5. The fraction of sp³-hybridized carbons (Fsp3) is 0.0714. The van der Waals surface area contributed by atoms with Crippen LogP contribution in [-0.2, 0) is 0 Å². The Morgan fingerprint density at radius 2 is 2.22 bits per heavy atom. The van der Waals surface area contributed by atoms with Crippen molar-refractivity contribution in [3.05, 3.63) is 56.7 Å². The van der Waals surface area contributed by atoms with Crippen molar-refractivity contribution in [2.45, 2.75) is 0 Å². The van der Waals surface area contributed by atoms with Gasteiger partial charge in [0.1, 0.15) is 12.4 Å². The number of carbonyl (C=O) groups is 1. The van der Waals surface area contributed by atoms with Gasteiger partial charge in [0, 0.05) is 15.5 Å². The Balaban J connectivity index is 2.01. The quantitative estimate of drug-likeness (QED) is 0.734. The van der Waals surface area contributed by atoms with Crippen LogP contribution in [0.5, 0.6) is 5.75 Å². The third-order valence-electron chi connectivity index (χ3n) is 2.72. The predicted octanol–water partition coefficient (Wildman–Crippen LogP) is 4.06. The van der Waals surface area contributed by atoms with Crippen LogP contribution in [0.3, 0.4) is 0 Å². The summed E-state index contributed by atoms with van der Waals surface area (Å²) in [5, 5.41) is 2.52. The van der Waals surface area contributed by atoms with E-state index in [0.717, 1.165) is 4.88 Å².